The summed E-state index contributed by atoms with van der Waals surface area (Å²) >= 11 is 0. The second kappa shape index (κ2) is 11.2. The van der Waals surface area contributed by atoms with E-state index in [9.17, 15) is 4.79 Å². The van der Waals surface area contributed by atoms with E-state index in [1.54, 1.807) is 0 Å². The second-order valence-corrected chi connectivity index (χ2v) is 9.46. The molecule has 1 atom stereocenters. The normalized spacial score (nSPS) is 13.9. The van der Waals surface area contributed by atoms with Crippen LogP contribution in [0.3, 0.4) is 0 Å². The molecule has 0 aliphatic carbocycles. The van der Waals surface area contributed by atoms with Gasteiger partial charge < -0.3 is 18.6 Å². The van der Waals surface area contributed by atoms with Gasteiger partial charge in [0, 0.05) is 36.8 Å². The fourth-order valence-corrected chi connectivity index (χ4v) is 5.50. The molecule has 23 heavy (non-hydrogen) atoms. The highest BCUT2D eigenvalue weighted by molar-refractivity contribution is 6.60. The molecule has 0 saturated carbocycles. The van der Waals surface area contributed by atoms with Crippen LogP contribution in [0.1, 0.15) is 68.2 Å². The van der Waals surface area contributed by atoms with Crippen molar-refractivity contribution in [3.05, 3.63) is 0 Å². The average Bonchev–Trinajstić information content (AvgIpc) is 2.39. The Morgan fingerprint density at radius 1 is 0.913 bits per heavy atom. The predicted molar refractivity (Wildman–Crippen MR) is 96.3 cm³/mol. The third-order valence-electron chi connectivity index (χ3n) is 3.26. The summed E-state index contributed by atoms with van der Waals surface area (Å²) in [4.78, 5) is 11.8. The van der Waals surface area contributed by atoms with Crippen molar-refractivity contribution in [2.24, 2.45) is 5.92 Å². The summed E-state index contributed by atoms with van der Waals surface area (Å²) in [5.41, 5.74) is 0. The van der Waals surface area contributed by atoms with Gasteiger partial charge in [0.25, 0.3) is 0 Å². The number of hydrogen-bond acceptors (Lipinski definition) is 4. The van der Waals surface area contributed by atoms with Crippen LogP contribution in [0.25, 0.3) is 0 Å². The van der Waals surface area contributed by atoms with Crippen molar-refractivity contribution in [1.82, 2.24) is 5.32 Å². The molecule has 1 amide bonds. The lowest BCUT2D eigenvalue weighted by molar-refractivity contribution is -0.124. The van der Waals surface area contributed by atoms with Crippen LogP contribution in [0.2, 0.25) is 6.04 Å². The molecule has 0 bridgehead atoms. The molecule has 0 rings (SSSR count). The zero-order valence-electron chi connectivity index (χ0n) is 16.3. The summed E-state index contributed by atoms with van der Waals surface area (Å²) in [6, 6.07) is 0.711. The van der Waals surface area contributed by atoms with E-state index in [1.165, 1.54) is 0 Å². The zero-order valence-corrected chi connectivity index (χ0v) is 17.3. The molecule has 5 nitrogen and oxygen atoms in total. The smallest absolute Gasteiger partial charge is 0.371 e. The SMILES string of the molecule is CCC(C)C(=O)NCCC[Si](OC(C)C)(OC(C)C)OC(C)C. The Balaban J connectivity index is 4.69. The quantitative estimate of drug-likeness (QED) is 0.431. The number of amides is 1. The minimum atomic E-state index is -2.74. The molecule has 0 fully saturated rings. The largest absolute Gasteiger partial charge is 0.501 e. The topological polar surface area (TPSA) is 56.8 Å². The summed E-state index contributed by atoms with van der Waals surface area (Å²) in [5.74, 6) is 0.168. The Morgan fingerprint density at radius 2 is 1.35 bits per heavy atom. The summed E-state index contributed by atoms with van der Waals surface area (Å²) in [6.07, 6.45) is 1.80. The maximum atomic E-state index is 11.8. The molecule has 0 aromatic heterocycles. The molecule has 138 valence electrons. The minimum Gasteiger partial charge on any atom is -0.371 e. The number of hydrogen-bond donors (Lipinski definition) is 1. The van der Waals surface area contributed by atoms with Gasteiger partial charge in [-0.1, -0.05) is 13.8 Å². The lowest BCUT2D eigenvalue weighted by Crippen LogP contribution is -2.51. The van der Waals surface area contributed by atoms with Crippen LogP contribution in [0.4, 0.5) is 0 Å². The van der Waals surface area contributed by atoms with Gasteiger partial charge in [-0.2, -0.15) is 0 Å². The summed E-state index contributed by atoms with van der Waals surface area (Å²) in [7, 11) is -2.74. The summed E-state index contributed by atoms with van der Waals surface area (Å²) < 4.78 is 18.4. The Labute approximate surface area is 143 Å². The predicted octanol–water partition coefficient (Wildman–Crippen LogP) is 3.75. The van der Waals surface area contributed by atoms with E-state index >= 15 is 0 Å². The molecule has 0 aromatic rings. The first-order valence-electron chi connectivity index (χ1n) is 8.93. The van der Waals surface area contributed by atoms with Crippen molar-refractivity contribution < 1.29 is 18.1 Å². The molecule has 0 heterocycles. The standard InChI is InChI=1S/C17H37NO4Si/c1-9-16(8)17(19)18-11-10-12-23(20-13(2)3,21-14(4)5)22-15(6)7/h13-16H,9-12H2,1-8H3,(H,18,19). The first-order valence-corrected chi connectivity index (χ1v) is 10.9. The van der Waals surface area contributed by atoms with Gasteiger partial charge in [-0.25, -0.2) is 0 Å². The van der Waals surface area contributed by atoms with E-state index < -0.39 is 8.80 Å². The summed E-state index contributed by atoms with van der Waals surface area (Å²) in [6.45, 7) is 16.6. The Hall–Kier alpha value is -0.433. The Kier molecular flexibility index (Phi) is 11.0. The molecule has 0 aliphatic rings. The van der Waals surface area contributed by atoms with E-state index in [4.69, 9.17) is 13.3 Å². The van der Waals surface area contributed by atoms with Gasteiger partial charge in [-0.05, 0) is 54.4 Å². The second-order valence-electron chi connectivity index (χ2n) is 6.89. The monoisotopic (exact) mass is 347 g/mol. The maximum absolute atomic E-state index is 11.8. The first kappa shape index (κ1) is 22.6. The van der Waals surface area contributed by atoms with Gasteiger partial charge in [-0.15, -0.1) is 0 Å². The number of rotatable bonds is 12. The lowest BCUT2D eigenvalue weighted by Gasteiger charge is -2.34. The van der Waals surface area contributed by atoms with E-state index in [0.717, 1.165) is 12.8 Å². The molecule has 0 radical (unpaired) electrons. The third kappa shape index (κ3) is 10.1. The Morgan fingerprint density at radius 3 is 1.70 bits per heavy atom. The van der Waals surface area contributed by atoms with Crippen LogP contribution in [-0.2, 0) is 18.1 Å². The van der Waals surface area contributed by atoms with Gasteiger partial charge in [0.2, 0.25) is 5.91 Å². The van der Waals surface area contributed by atoms with Crippen LogP contribution in [0.5, 0.6) is 0 Å². The van der Waals surface area contributed by atoms with Crippen LogP contribution in [0, 0.1) is 5.92 Å². The fraction of sp³-hybridized carbons (Fsp3) is 0.941. The van der Waals surface area contributed by atoms with Gasteiger partial charge >= 0.3 is 8.80 Å². The number of nitrogens with one attached hydrogen (secondary N) is 1. The van der Waals surface area contributed by atoms with Gasteiger partial charge in [0.05, 0.1) is 0 Å². The highest BCUT2D eigenvalue weighted by atomic mass is 28.4. The van der Waals surface area contributed by atoms with Gasteiger partial charge in [0.1, 0.15) is 0 Å². The molecule has 1 unspecified atom stereocenters. The Bertz CT molecular complexity index is 308. The first-order chi connectivity index (χ1) is 10.6. The van der Waals surface area contributed by atoms with Crippen molar-refractivity contribution in [2.45, 2.75) is 92.6 Å². The molecule has 0 saturated heterocycles. The lowest BCUT2D eigenvalue weighted by atomic mass is 10.1. The van der Waals surface area contributed by atoms with Crippen molar-refractivity contribution in [2.75, 3.05) is 6.54 Å². The van der Waals surface area contributed by atoms with Crippen LogP contribution < -0.4 is 5.32 Å². The van der Waals surface area contributed by atoms with E-state index in [-0.39, 0.29) is 30.1 Å². The molecule has 0 spiro atoms. The van der Waals surface area contributed by atoms with Crippen molar-refractivity contribution in [1.29, 1.82) is 0 Å². The van der Waals surface area contributed by atoms with Crippen LogP contribution in [-0.4, -0.2) is 39.6 Å². The highest BCUT2D eigenvalue weighted by Gasteiger charge is 2.43. The molecule has 1 N–H and O–H groups in total. The summed E-state index contributed by atoms with van der Waals surface area (Å²) in [5, 5.41) is 2.98. The van der Waals surface area contributed by atoms with Crippen molar-refractivity contribution >= 4 is 14.7 Å². The minimum absolute atomic E-state index is 0.0499. The molecular weight excluding hydrogens is 310 g/mol. The van der Waals surface area contributed by atoms with Gasteiger partial charge in [-0.3, -0.25) is 4.79 Å². The molecule has 0 aliphatic heterocycles. The van der Waals surface area contributed by atoms with E-state index in [2.05, 4.69) is 5.32 Å². The van der Waals surface area contributed by atoms with Crippen molar-refractivity contribution in [3.8, 4) is 0 Å². The third-order valence-corrected chi connectivity index (χ3v) is 6.72. The number of carbonyl (C=O) groups excluding carboxylic acids is 1. The van der Waals surface area contributed by atoms with Gasteiger partial charge in [0.15, 0.2) is 0 Å². The maximum Gasteiger partial charge on any atom is 0.501 e. The average molecular weight is 348 g/mol. The molecule has 0 aromatic carbocycles. The van der Waals surface area contributed by atoms with Crippen LogP contribution in [0.15, 0.2) is 0 Å². The fourth-order valence-electron chi connectivity index (χ4n) is 2.21. The highest BCUT2D eigenvalue weighted by Crippen LogP contribution is 2.23. The molecular formula is C17H37NO4Si. The van der Waals surface area contributed by atoms with Crippen molar-refractivity contribution in [3.63, 3.8) is 0 Å². The van der Waals surface area contributed by atoms with E-state index in [0.29, 0.717) is 12.6 Å². The number of carbonyl (C=O) groups is 1. The van der Waals surface area contributed by atoms with Crippen LogP contribution >= 0.6 is 0 Å². The molecule has 6 heteroatoms. The van der Waals surface area contributed by atoms with E-state index in [1.807, 2.05) is 55.4 Å². The zero-order chi connectivity index (χ0) is 18.0.